The average molecular weight is 304 g/mol. The predicted octanol–water partition coefficient (Wildman–Crippen LogP) is 2.75. The van der Waals surface area contributed by atoms with Crippen molar-refractivity contribution >= 4 is 5.91 Å². The first-order valence-corrected chi connectivity index (χ1v) is 8.31. The third-order valence-electron chi connectivity index (χ3n) is 5.30. The molecule has 120 valence electrons. The van der Waals surface area contributed by atoms with Gasteiger partial charge in [-0.05, 0) is 76.4 Å². The molecule has 1 aromatic carbocycles. The van der Waals surface area contributed by atoms with E-state index in [4.69, 9.17) is 0 Å². The number of hydrogen-bond acceptors (Lipinski definition) is 2. The van der Waals surface area contributed by atoms with Crippen molar-refractivity contribution in [2.45, 2.75) is 44.6 Å². The largest absolute Gasteiger partial charge is 0.353 e. The topological polar surface area (TPSA) is 32.3 Å². The summed E-state index contributed by atoms with van der Waals surface area (Å²) < 4.78 is 13.5. The van der Waals surface area contributed by atoms with Gasteiger partial charge in [0.2, 0.25) is 5.91 Å². The number of piperidine rings is 1. The van der Waals surface area contributed by atoms with Crippen molar-refractivity contribution in [3.05, 3.63) is 35.6 Å². The Morgan fingerprint density at radius 3 is 2.68 bits per heavy atom. The zero-order valence-corrected chi connectivity index (χ0v) is 13.3. The molecule has 1 saturated carbocycles. The van der Waals surface area contributed by atoms with Crippen LogP contribution in [-0.2, 0) is 11.2 Å². The van der Waals surface area contributed by atoms with Crippen LogP contribution in [0.25, 0.3) is 0 Å². The van der Waals surface area contributed by atoms with Crippen LogP contribution in [0.15, 0.2) is 24.3 Å². The van der Waals surface area contributed by atoms with Gasteiger partial charge in [0.15, 0.2) is 0 Å². The van der Waals surface area contributed by atoms with Gasteiger partial charge in [-0.1, -0.05) is 12.1 Å². The third-order valence-corrected chi connectivity index (χ3v) is 5.30. The highest BCUT2D eigenvalue weighted by molar-refractivity contribution is 5.83. The summed E-state index contributed by atoms with van der Waals surface area (Å²) in [6.07, 6.45) is 5.74. The molecule has 1 aromatic rings. The van der Waals surface area contributed by atoms with E-state index < -0.39 is 0 Å². The molecule has 3 rings (SSSR count). The van der Waals surface area contributed by atoms with Gasteiger partial charge in [-0.2, -0.15) is 0 Å². The van der Waals surface area contributed by atoms with E-state index in [0.29, 0.717) is 12.5 Å². The van der Waals surface area contributed by atoms with Crippen molar-refractivity contribution in [3.63, 3.8) is 0 Å². The van der Waals surface area contributed by atoms with Crippen LogP contribution in [0.4, 0.5) is 4.39 Å². The summed E-state index contributed by atoms with van der Waals surface area (Å²) in [5.41, 5.74) is 0.545. The summed E-state index contributed by atoms with van der Waals surface area (Å²) >= 11 is 0. The summed E-state index contributed by atoms with van der Waals surface area (Å²) in [6.45, 7) is 1.85. The normalized spacial score (nSPS) is 22.1. The maximum atomic E-state index is 13.5. The number of carbonyl (C=O) groups is 1. The van der Waals surface area contributed by atoms with Crippen LogP contribution in [0.5, 0.6) is 0 Å². The number of likely N-dealkylation sites (tertiary alicyclic amines) is 1. The minimum absolute atomic E-state index is 0.176. The smallest absolute Gasteiger partial charge is 0.226 e. The molecular weight excluding hydrogens is 279 g/mol. The summed E-state index contributed by atoms with van der Waals surface area (Å²) in [5.74, 6) is -0.0467. The Morgan fingerprint density at radius 1 is 1.36 bits per heavy atom. The highest BCUT2D eigenvalue weighted by Gasteiger charge is 2.41. The van der Waals surface area contributed by atoms with E-state index in [1.165, 1.54) is 12.5 Å². The van der Waals surface area contributed by atoms with Gasteiger partial charge in [0, 0.05) is 6.04 Å². The fourth-order valence-corrected chi connectivity index (χ4v) is 3.46. The fourth-order valence-electron chi connectivity index (χ4n) is 3.46. The number of nitrogens with zero attached hydrogens (tertiary/aromatic N) is 1. The predicted molar refractivity (Wildman–Crippen MR) is 85.0 cm³/mol. The van der Waals surface area contributed by atoms with Crippen molar-refractivity contribution in [2.75, 3.05) is 20.1 Å². The molecule has 4 heteroatoms. The number of carbonyl (C=O) groups excluding carboxylic acids is 1. The van der Waals surface area contributed by atoms with Crippen LogP contribution in [-0.4, -0.2) is 37.0 Å². The maximum Gasteiger partial charge on any atom is 0.226 e. The minimum Gasteiger partial charge on any atom is -0.353 e. The van der Waals surface area contributed by atoms with E-state index in [9.17, 15) is 9.18 Å². The average Bonchev–Trinajstić information content (AvgIpc) is 2.45. The second-order valence-electron chi connectivity index (χ2n) is 6.99. The van der Waals surface area contributed by atoms with Crippen molar-refractivity contribution in [1.29, 1.82) is 0 Å². The number of rotatable bonds is 4. The van der Waals surface area contributed by atoms with Gasteiger partial charge in [-0.25, -0.2) is 4.39 Å². The van der Waals surface area contributed by atoms with Gasteiger partial charge in [-0.3, -0.25) is 4.79 Å². The molecule has 22 heavy (non-hydrogen) atoms. The lowest BCUT2D eigenvalue weighted by atomic mass is 9.72. The van der Waals surface area contributed by atoms with E-state index in [0.717, 1.165) is 44.3 Å². The molecule has 1 aliphatic heterocycles. The monoisotopic (exact) mass is 304 g/mol. The molecule has 1 saturated heterocycles. The number of amides is 1. The zero-order chi connectivity index (χ0) is 15.6. The van der Waals surface area contributed by atoms with E-state index >= 15 is 0 Å². The molecule has 2 fully saturated rings. The molecule has 0 atom stereocenters. The molecule has 1 N–H and O–H groups in total. The molecule has 2 aliphatic rings. The van der Waals surface area contributed by atoms with E-state index in [-0.39, 0.29) is 17.1 Å². The van der Waals surface area contributed by atoms with Crippen molar-refractivity contribution in [1.82, 2.24) is 10.2 Å². The van der Waals surface area contributed by atoms with Crippen LogP contribution in [0.3, 0.4) is 0 Å². The Bertz CT molecular complexity index is 534. The highest BCUT2D eigenvalue weighted by Crippen LogP contribution is 2.36. The van der Waals surface area contributed by atoms with E-state index in [1.54, 1.807) is 12.1 Å². The van der Waals surface area contributed by atoms with Crippen molar-refractivity contribution in [3.8, 4) is 0 Å². The standard InChI is InChI=1S/C18H25FN2O/c1-21-10-8-18(9-11-21,17(22)20-16-6-3-7-16)13-14-4-2-5-15(19)12-14/h2,4-5,12,16H,3,6-11,13H2,1H3,(H,20,22). The first-order valence-electron chi connectivity index (χ1n) is 8.31. The van der Waals surface area contributed by atoms with Gasteiger partial charge >= 0.3 is 0 Å². The SMILES string of the molecule is CN1CCC(Cc2cccc(F)c2)(C(=O)NC2CCC2)CC1. The Morgan fingerprint density at radius 2 is 2.09 bits per heavy atom. The third kappa shape index (κ3) is 3.32. The quantitative estimate of drug-likeness (QED) is 0.927. The molecule has 0 aromatic heterocycles. The van der Waals surface area contributed by atoms with Gasteiger partial charge in [0.05, 0.1) is 5.41 Å². The van der Waals surface area contributed by atoms with Crippen LogP contribution >= 0.6 is 0 Å². The Labute approximate surface area is 131 Å². The van der Waals surface area contributed by atoms with Crippen molar-refractivity contribution in [2.24, 2.45) is 5.41 Å². The lowest BCUT2D eigenvalue weighted by molar-refractivity contribution is -0.135. The Kier molecular flexibility index (Phi) is 4.48. The zero-order valence-electron chi connectivity index (χ0n) is 13.3. The van der Waals surface area contributed by atoms with Crippen LogP contribution in [0, 0.1) is 11.2 Å². The molecule has 1 aliphatic carbocycles. The molecule has 3 nitrogen and oxygen atoms in total. The van der Waals surface area contributed by atoms with Crippen LogP contribution in [0.2, 0.25) is 0 Å². The summed E-state index contributed by atoms with van der Waals surface area (Å²) in [6, 6.07) is 7.05. The molecule has 1 heterocycles. The van der Waals surface area contributed by atoms with Crippen LogP contribution in [0.1, 0.15) is 37.7 Å². The van der Waals surface area contributed by atoms with Gasteiger partial charge in [0.25, 0.3) is 0 Å². The first kappa shape index (κ1) is 15.5. The van der Waals surface area contributed by atoms with Crippen LogP contribution < -0.4 is 5.32 Å². The molecular formula is C18H25FN2O. The number of benzene rings is 1. The lowest BCUT2D eigenvalue weighted by Gasteiger charge is -2.41. The first-order chi connectivity index (χ1) is 10.6. The second-order valence-corrected chi connectivity index (χ2v) is 6.99. The Hall–Kier alpha value is -1.42. The fraction of sp³-hybridized carbons (Fsp3) is 0.611. The van der Waals surface area contributed by atoms with Gasteiger partial charge < -0.3 is 10.2 Å². The number of hydrogen-bond donors (Lipinski definition) is 1. The van der Waals surface area contributed by atoms with E-state index in [1.807, 2.05) is 6.07 Å². The minimum atomic E-state index is -0.379. The summed E-state index contributed by atoms with van der Waals surface area (Å²) in [5, 5.41) is 3.23. The summed E-state index contributed by atoms with van der Waals surface area (Å²) in [4.78, 5) is 15.2. The van der Waals surface area contributed by atoms with Crippen molar-refractivity contribution < 1.29 is 9.18 Å². The Balaban J connectivity index is 1.77. The molecule has 0 unspecified atom stereocenters. The summed E-state index contributed by atoms with van der Waals surface area (Å²) in [7, 11) is 2.09. The number of halogens is 1. The molecule has 1 amide bonds. The maximum absolute atomic E-state index is 13.5. The lowest BCUT2D eigenvalue weighted by Crippen LogP contribution is -2.52. The molecule has 0 bridgehead atoms. The molecule has 0 spiro atoms. The second kappa shape index (κ2) is 6.37. The number of nitrogens with one attached hydrogen (secondary N) is 1. The molecule has 0 radical (unpaired) electrons. The van der Waals surface area contributed by atoms with E-state index in [2.05, 4.69) is 17.3 Å². The van der Waals surface area contributed by atoms with Gasteiger partial charge in [0.1, 0.15) is 5.82 Å². The van der Waals surface area contributed by atoms with Gasteiger partial charge in [-0.15, -0.1) is 0 Å². The highest BCUT2D eigenvalue weighted by atomic mass is 19.1.